The van der Waals surface area contributed by atoms with E-state index in [1.54, 1.807) is 20.1 Å². The summed E-state index contributed by atoms with van der Waals surface area (Å²) in [5.41, 5.74) is 2.10. The number of hydrogen-bond acceptors (Lipinski definition) is 5. The maximum Gasteiger partial charge on any atom is 0.257 e. The molecule has 8 heteroatoms. The van der Waals surface area contributed by atoms with Crippen molar-refractivity contribution in [1.29, 1.82) is 0 Å². The Morgan fingerprint density at radius 1 is 1.32 bits per heavy atom. The van der Waals surface area contributed by atoms with Crippen LogP contribution in [0, 0.1) is 6.92 Å². The highest BCUT2D eigenvalue weighted by Crippen LogP contribution is 2.29. The van der Waals surface area contributed by atoms with Crippen LogP contribution >= 0.6 is 12.2 Å². The van der Waals surface area contributed by atoms with E-state index >= 15 is 0 Å². The summed E-state index contributed by atoms with van der Waals surface area (Å²) >= 11 is 5.24. The maximum absolute atomic E-state index is 12.8. The van der Waals surface area contributed by atoms with Crippen molar-refractivity contribution >= 4 is 29.1 Å². The number of carbonyl (C=O) groups is 1. The van der Waals surface area contributed by atoms with E-state index in [2.05, 4.69) is 21.1 Å². The van der Waals surface area contributed by atoms with Crippen LogP contribution in [0.4, 0.5) is 5.82 Å². The molecule has 1 aromatic carbocycles. The van der Waals surface area contributed by atoms with Crippen LogP contribution in [0.1, 0.15) is 24.3 Å². The van der Waals surface area contributed by atoms with Gasteiger partial charge in [-0.25, -0.2) is 0 Å². The number of thiocarbonyl (C=S) groups is 1. The lowest BCUT2D eigenvalue weighted by molar-refractivity contribution is -0.113. The summed E-state index contributed by atoms with van der Waals surface area (Å²) in [5.74, 6) is 1.44. The second-order valence-corrected chi connectivity index (χ2v) is 6.03. The number of aromatic nitrogens is 1. The topological polar surface area (TPSA) is 88.4 Å². The second-order valence-electron chi connectivity index (χ2n) is 5.62. The zero-order valence-corrected chi connectivity index (χ0v) is 14.9. The Hall–Kier alpha value is -2.87. The molecule has 2 aromatic rings. The van der Waals surface area contributed by atoms with E-state index in [0.29, 0.717) is 28.0 Å². The Morgan fingerprint density at radius 3 is 2.64 bits per heavy atom. The minimum Gasteiger partial charge on any atom is -0.497 e. The summed E-state index contributed by atoms with van der Waals surface area (Å²) in [4.78, 5) is 12.8. The van der Waals surface area contributed by atoms with E-state index in [9.17, 15) is 4.79 Å². The number of allylic oxidation sites excluding steroid dienone is 1. The van der Waals surface area contributed by atoms with Gasteiger partial charge in [0, 0.05) is 11.8 Å². The van der Waals surface area contributed by atoms with Crippen molar-refractivity contribution in [1.82, 2.24) is 15.8 Å². The molecule has 0 radical (unpaired) electrons. The van der Waals surface area contributed by atoms with Gasteiger partial charge in [0.2, 0.25) is 0 Å². The van der Waals surface area contributed by atoms with Gasteiger partial charge in [-0.1, -0.05) is 17.3 Å². The lowest BCUT2D eigenvalue weighted by Gasteiger charge is -2.30. The fourth-order valence-electron chi connectivity index (χ4n) is 2.65. The summed E-state index contributed by atoms with van der Waals surface area (Å²) in [6.07, 6.45) is 0. The van der Waals surface area contributed by atoms with Crippen molar-refractivity contribution in [2.75, 3.05) is 12.4 Å². The Kier molecular flexibility index (Phi) is 4.71. The number of aryl methyl sites for hydroxylation is 1. The van der Waals surface area contributed by atoms with E-state index in [4.69, 9.17) is 21.5 Å². The third-order valence-corrected chi connectivity index (χ3v) is 4.05. The fraction of sp³-hybridized carbons (Fsp3) is 0.235. The largest absolute Gasteiger partial charge is 0.497 e. The van der Waals surface area contributed by atoms with E-state index in [1.807, 2.05) is 31.2 Å². The molecule has 1 atom stereocenters. The van der Waals surface area contributed by atoms with Crippen LogP contribution in [0.3, 0.4) is 0 Å². The van der Waals surface area contributed by atoms with E-state index in [0.717, 1.165) is 11.3 Å². The Bertz CT molecular complexity index is 842. The molecule has 0 bridgehead atoms. The van der Waals surface area contributed by atoms with Crippen LogP contribution in [-0.4, -0.2) is 23.3 Å². The highest BCUT2D eigenvalue weighted by atomic mass is 32.1. The van der Waals surface area contributed by atoms with Gasteiger partial charge in [-0.3, -0.25) is 4.79 Å². The summed E-state index contributed by atoms with van der Waals surface area (Å²) in [7, 11) is 1.61. The van der Waals surface area contributed by atoms with Crippen molar-refractivity contribution in [3.05, 3.63) is 52.9 Å². The minimum absolute atomic E-state index is 0.283. The number of amides is 1. The number of benzene rings is 1. The first-order valence-corrected chi connectivity index (χ1v) is 8.05. The Labute approximate surface area is 150 Å². The van der Waals surface area contributed by atoms with Crippen molar-refractivity contribution in [2.45, 2.75) is 19.9 Å². The number of anilines is 1. The molecular weight excluding hydrogens is 340 g/mol. The number of carbonyl (C=O) groups excluding carboxylic acids is 1. The average molecular weight is 358 g/mol. The zero-order valence-electron chi connectivity index (χ0n) is 14.0. The molecule has 0 fully saturated rings. The highest BCUT2D eigenvalue weighted by Gasteiger charge is 2.30. The van der Waals surface area contributed by atoms with E-state index in [1.165, 1.54) is 0 Å². The molecule has 0 spiro atoms. The second kappa shape index (κ2) is 6.94. The first-order valence-electron chi connectivity index (χ1n) is 7.65. The number of rotatable bonds is 4. The molecular formula is C17H18N4O3S. The third-order valence-electron chi connectivity index (χ3n) is 3.83. The molecule has 0 aliphatic carbocycles. The predicted molar refractivity (Wildman–Crippen MR) is 97.2 cm³/mol. The lowest BCUT2D eigenvalue weighted by Crippen LogP contribution is -2.45. The summed E-state index contributed by atoms with van der Waals surface area (Å²) in [5, 5.41) is 13.1. The van der Waals surface area contributed by atoms with Crippen molar-refractivity contribution in [2.24, 2.45) is 0 Å². The van der Waals surface area contributed by atoms with Gasteiger partial charge in [0.15, 0.2) is 10.9 Å². The SMILES string of the molecule is COc1ccc(C2NC(=S)NC(C)=C2C(=O)Nc2cc(C)on2)cc1. The lowest BCUT2D eigenvalue weighted by atomic mass is 9.95. The molecule has 3 N–H and O–H groups in total. The monoisotopic (exact) mass is 358 g/mol. The van der Waals surface area contributed by atoms with Gasteiger partial charge in [0.05, 0.1) is 18.7 Å². The number of hydrogen-bond donors (Lipinski definition) is 3. The van der Waals surface area contributed by atoms with Crippen LogP contribution in [0.5, 0.6) is 5.75 Å². The Balaban J connectivity index is 1.92. The number of ether oxygens (including phenoxy) is 1. The smallest absolute Gasteiger partial charge is 0.257 e. The van der Waals surface area contributed by atoms with Crippen LogP contribution in [0.15, 0.2) is 46.1 Å². The van der Waals surface area contributed by atoms with Gasteiger partial charge in [-0.2, -0.15) is 0 Å². The van der Waals surface area contributed by atoms with E-state index < -0.39 is 0 Å². The molecule has 7 nitrogen and oxygen atoms in total. The van der Waals surface area contributed by atoms with Crippen molar-refractivity contribution < 1.29 is 14.1 Å². The number of nitrogens with zero attached hydrogens (tertiary/aromatic N) is 1. The van der Waals surface area contributed by atoms with Crippen LogP contribution in [-0.2, 0) is 4.79 Å². The van der Waals surface area contributed by atoms with Crippen LogP contribution < -0.4 is 20.7 Å². The molecule has 0 saturated carbocycles. The third kappa shape index (κ3) is 3.63. The molecule has 1 aromatic heterocycles. The fourth-order valence-corrected chi connectivity index (χ4v) is 2.92. The molecule has 130 valence electrons. The molecule has 1 amide bonds. The molecule has 2 heterocycles. The maximum atomic E-state index is 12.8. The normalized spacial score (nSPS) is 16.9. The van der Waals surface area contributed by atoms with Crippen LogP contribution in [0.2, 0.25) is 0 Å². The average Bonchev–Trinajstić information content (AvgIpc) is 2.99. The molecule has 3 rings (SSSR count). The highest BCUT2D eigenvalue weighted by molar-refractivity contribution is 7.80. The Morgan fingerprint density at radius 2 is 2.04 bits per heavy atom. The summed E-state index contributed by atoms with van der Waals surface area (Å²) in [6.45, 7) is 3.57. The van der Waals surface area contributed by atoms with Crippen molar-refractivity contribution in [3.63, 3.8) is 0 Å². The summed E-state index contributed by atoms with van der Waals surface area (Å²) < 4.78 is 10.2. The van der Waals surface area contributed by atoms with Gasteiger partial charge in [-0.05, 0) is 43.8 Å². The molecule has 0 saturated heterocycles. The molecule has 1 unspecified atom stereocenters. The van der Waals surface area contributed by atoms with Gasteiger partial charge < -0.3 is 25.2 Å². The van der Waals surface area contributed by atoms with Crippen LogP contribution in [0.25, 0.3) is 0 Å². The number of methoxy groups -OCH3 is 1. The quantitative estimate of drug-likeness (QED) is 0.723. The van der Waals surface area contributed by atoms with Gasteiger partial charge >= 0.3 is 0 Å². The number of nitrogens with one attached hydrogen (secondary N) is 3. The van der Waals surface area contributed by atoms with Crippen molar-refractivity contribution in [3.8, 4) is 5.75 Å². The molecule has 1 aliphatic heterocycles. The zero-order chi connectivity index (χ0) is 18.0. The molecule has 25 heavy (non-hydrogen) atoms. The predicted octanol–water partition coefficient (Wildman–Crippen LogP) is 2.42. The van der Waals surface area contributed by atoms with Gasteiger partial charge in [0.25, 0.3) is 5.91 Å². The standard InChI is InChI=1S/C17H18N4O3S/c1-9-8-13(21-24-9)19-16(22)14-10(2)18-17(25)20-15(14)11-4-6-12(23-3)7-5-11/h4-8,15H,1-3H3,(H2,18,20,25)(H,19,21,22). The first-order chi connectivity index (χ1) is 12.0. The van der Waals surface area contributed by atoms with Gasteiger partial charge in [0.1, 0.15) is 11.5 Å². The molecule has 1 aliphatic rings. The minimum atomic E-state index is -0.382. The van der Waals surface area contributed by atoms with Gasteiger partial charge in [-0.15, -0.1) is 0 Å². The summed E-state index contributed by atoms with van der Waals surface area (Å²) in [6, 6.07) is 8.75. The van der Waals surface area contributed by atoms with E-state index in [-0.39, 0.29) is 11.9 Å². The first kappa shape index (κ1) is 17.0.